The van der Waals surface area contributed by atoms with Crippen molar-refractivity contribution in [2.75, 3.05) is 13.1 Å². The Balaban J connectivity index is 1.53. The Hall–Kier alpha value is -3.56. The summed E-state index contributed by atoms with van der Waals surface area (Å²) < 4.78 is 5.73. The van der Waals surface area contributed by atoms with Gasteiger partial charge in [-0.3, -0.25) is 10.1 Å². The number of carboxylic acid groups (broad SMARTS) is 1. The normalized spacial score (nSPS) is 22.7. The lowest BCUT2D eigenvalue weighted by Gasteiger charge is -2.19. The second kappa shape index (κ2) is 8.89. The van der Waals surface area contributed by atoms with Crippen molar-refractivity contribution >= 4 is 17.7 Å². The first kappa shape index (κ1) is 21.7. The molecule has 1 aromatic heterocycles. The number of hydrogen-bond acceptors (Lipinski definition) is 7. The highest BCUT2D eigenvalue weighted by Gasteiger charge is 2.37. The van der Waals surface area contributed by atoms with Gasteiger partial charge in [0.15, 0.2) is 0 Å². The number of ether oxygens (including phenoxy) is 1. The molecule has 1 aliphatic heterocycles. The number of aromatic nitrogens is 2. The summed E-state index contributed by atoms with van der Waals surface area (Å²) in [6, 6.07) is 5.30. The van der Waals surface area contributed by atoms with E-state index in [0.717, 1.165) is 24.1 Å². The predicted molar refractivity (Wildman–Crippen MR) is 113 cm³/mol. The molecule has 1 aliphatic carbocycles. The molecule has 1 aromatic carbocycles. The number of benzene rings is 1. The summed E-state index contributed by atoms with van der Waals surface area (Å²) in [5.41, 5.74) is 2.75. The topological polar surface area (TPSA) is 136 Å². The number of non-ortho nitro benzene ring substituents is 1. The molecular formula is C22H24N4O6. The van der Waals surface area contributed by atoms with E-state index >= 15 is 0 Å². The minimum Gasteiger partial charge on any atom is -0.465 e. The van der Waals surface area contributed by atoms with E-state index in [0.29, 0.717) is 31.6 Å². The molecule has 1 saturated heterocycles. The van der Waals surface area contributed by atoms with E-state index in [9.17, 15) is 24.8 Å². The molecule has 1 amide bonds. The van der Waals surface area contributed by atoms with Gasteiger partial charge in [0.1, 0.15) is 12.4 Å². The van der Waals surface area contributed by atoms with Gasteiger partial charge in [-0.05, 0) is 43.7 Å². The molecule has 3 unspecified atom stereocenters. The maximum atomic E-state index is 12.6. The van der Waals surface area contributed by atoms with Crippen LogP contribution in [0, 0.1) is 10.1 Å². The van der Waals surface area contributed by atoms with Gasteiger partial charge in [-0.2, -0.15) is 0 Å². The lowest BCUT2D eigenvalue weighted by molar-refractivity contribution is -0.384. The maximum Gasteiger partial charge on any atom is 0.407 e. The number of likely N-dealkylation sites (tertiary alicyclic amines) is 1. The summed E-state index contributed by atoms with van der Waals surface area (Å²) in [4.78, 5) is 44.7. The van der Waals surface area contributed by atoms with E-state index < -0.39 is 23.1 Å². The fourth-order valence-electron chi connectivity index (χ4n) is 4.64. The van der Waals surface area contributed by atoms with Gasteiger partial charge in [0.25, 0.3) is 5.69 Å². The van der Waals surface area contributed by atoms with Crippen LogP contribution in [0.4, 0.5) is 10.5 Å². The fraction of sp³-hybridized carbons (Fsp3) is 0.455. The van der Waals surface area contributed by atoms with Crippen molar-refractivity contribution in [1.82, 2.24) is 14.9 Å². The summed E-state index contributed by atoms with van der Waals surface area (Å²) in [7, 11) is 0. The van der Waals surface area contributed by atoms with Gasteiger partial charge in [0.05, 0.1) is 21.9 Å². The monoisotopic (exact) mass is 440 g/mol. The summed E-state index contributed by atoms with van der Waals surface area (Å²) in [5.74, 6) is -0.339. The molecule has 0 bridgehead atoms. The number of nitro benzene ring substituents is 1. The fourth-order valence-corrected chi connectivity index (χ4v) is 4.64. The molecule has 10 heteroatoms. The number of nitro groups is 1. The first-order chi connectivity index (χ1) is 15.3. The van der Waals surface area contributed by atoms with Crippen LogP contribution in [0.3, 0.4) is 0 Å². The third kappa shape index (κ3) is 4.25. The van der Waals surface area contributed by atoms with E-state index in [1.807, 2.05) is 6.92 Å². The molecule has 32 heavy (non-hydrogen) atoms. The molecular weight excluding hydrogens is 416 g/mol. The maximum absolute atomic E-state index is 12.6. The zero-order valence-electron chi connectivity index (χ0n) is 17.6. The smallest absolute Gasteiger partial charge is 0.407 e. The van der Waals surface area contributed by atoms with Crippen LogP contribution in [0.15, 0.2) is 30.6 Å². The largest absolute Gasteiger partial charge is 0.465 e. The van der Waals surface area contributed by atoms with Gasteiger partial charge in [0, 0.05) is 36.7 Å². The number of rotatable bonds is 4. The highest BCUT2D eigenvalue weighted by Crippen LogP contribution is 2.45. The van der Waals surface area contributed by atoms with Crippen LogP contribution >= 0.6 is 0 Å². The van der Waals surface area contributed by atoms with Crippen molar-refractivity contribution in [3.63, 3.8) is 0 Å². The molecule has 0 spiro atoms. The second-order valence-corrected chi connectivity index (χ2v) is 8.29. The predicted octanol–water partition coefficient (Wildman–Crippen LogP) is 4.04. The van der Waals surface area contributed by atoms with Gasteiger partial charge < -0.3 is 14.7 Å². The molecule has 4 rings (SSSR count). The Morgan fingerprint density at radius 2 is 1.88 bits per heavy atom. The van der Waals surface area contributed by atoms with Gasteiger partial charge in [-0.15, -0.1) is 0 Å². The summed E-state index contributed by atoms with van der Waals surface area (Å²) >= 11 is 0. The molecule has 0 radical (unpaired) electrons. The Morgan fingerprint density at radius 3 is 2.56 bits per heavy atom. The zero-order chi connectivity index (χ0) is 22.8. The lowest BCUT2D eigenvalue weighted by atomic mass is 9.90. The van der Waals surface area contributed by atoms with Crippen molar-refractivity contribution in [2.45, 2.75) is 50.5 Å². The highest BCUT2D eigenvalue weighted by atomic mass is 16.6. The van der Waals surface area contributed by atoms with Crippen LogP contribution in [0.5, 0.6) is 0 Å². The Morgan fingerprint density at radius 1 is 1.16 bits per heavy atom. The summed E-state index contributed by atoms with van der Waals surface area (Å²) in [5, 5.41) is 20.1. The number of fused-ring (bicyclic) bond motifs is 1. The third-order valence-electron chi connectivity index (χ3n) is 6.26. The number of esters is 1. The van der Waals surface area contributed by atoms with Crippen LogP contribution in [-0.2, 0) is 4.74 Å². The number of carbonyl (C=O) groups is 2. The Labute approximate surface area is 184 Å². The number of nitrogens with zero attached hydrogens (tertiary/aromatic N) is 4. The van der Waals surface area contributed by atoms with Crippen LogP contribution in [0.1, 0.15) is 77.9 Å². The molecule has 2 aliphatic rings. The van der Waals surface area contributed by atoms with Gasteiger partial charge in [-0.25, -0.2) is 19.6 Å². The summed E-state index contributed by atoms with van der Waals surface area (Å²) in [6.45, 7) is 3.03. The van der Waals surface area contributed by atoms with Crippen LogP contribution in [0.25, 0.3) is 0 Å². The SMILES string of the molecule is CC1CC(OC(=O)c2ccc([N+](=O)[O-])cc2)c2ncnc(C3CCCN(C(=O)O)CC3)c21. The molecule has 1 fully saturated rings. The first-order valence-corrected chi connectivity index (χ1v) is 10.6. The lowest BCUT2D eigenvalue weighted by Crippen LogP contribution is -2.30. The van der Waals surface area contributed by atoms with Gasteiger partial charge in [-0.1, -0.05) is 6.92 Å². The van der Waals surface area contributed by atoms with Crippen molar-refractivity contribution in [3.8, 4) is 0 Å². The average Bonchev–Trinajstić information content (AvgIpc) is 2.94. The number of hydrogen-bond donors (Lipinski definition) is 1. The number of carbonyl (C=O) groups excluding carboxylic acids is 1. The minimum absolute atomic E-state index is 0.0923. The van der Waals surface area contributed by atoms with E-state index in [1.54, 1.807) is 0 Å². The van der Waals surface area contributed by atoms with E-state index in [2.05, 4.69) is 9.97 Å². The molecule has 3 atom stereocenters. The molecule has 10 nitrogen and oxygen atoms in total. The van der Waals surface area contributed by atoms with Gasteiger partial charge in [0.2, 0.25) is 0 Å². The van der Waals surface area contributed by atoms with E-state index in [-0.39, 0.29) is 23.1 Å². The van der Waals surface area contributed by atoms with Crippen molar-refractivity contribution in [3.05, 3.63) is 63.2 Å². The van der Waals surface area contributed by atoms with Crippen LogP contribution in [-0.4, -0.2) is 50.0 Å². The molecule has 0 saturated carbocycles. The standard InChI is InChI=1S/C22H24N4O6/c1-13-11-17(32-21(27)15-4-6-16(7-5-15)26(30)31)20-18(13)19(23-12-24-20)14-3-2-9-25(10-8-14)22(28)29/h4-7,12-14,17H,2-3,8-11H2,1H3,(H,28,29). The van der Waals surface area contributed by atoms with Crippen LogP contribution < -0.4 is 0 Å². The zero-order valence-corrected chi connectivity index (χ0v) is 17.6. The minimum atomic E-state index is -0.898. The van der Waals surface area contributed by atoms with Crippen molar-refractivity contribution < 1.29 is 24.4 Å². The molecule has 2 heterocycles. The number of amides is 1. The summed E-state index contributed by atoms with van der Waals surface area (Å²) in [6.07, 6.45) is 2.94. The quantitative estimate of drug-likeness (QED) is 0.427. The van der Waals surface area contributed by atoms with E-state index in [4.69, 9.17) is 4.74 Å². The van der Waals surface area contributed by atoms with Crippen molar-refractivity contribution in [1.29, 1.82) is 0 Å². The van der Waals surface area contributed by atoms with Gasteiger partial charge >= 0.3 is 12.1 Å². The highest BCUT2D eigenvalue weighted by molar-refractivity contribution is 5.89. The molecule has 2 aromatic rings. The van der Waals surface area contributed by atoms with E-state index in [1.165, 1.54) is 35.5 Å². The van der Waals surface area contributed by atoms with Crippen molar-refractivity contribution in [2.24, 2.45) is 0 Å². The Bertz CT molecular complexity index is 1040. The third-order valence-corrected chi connectivity index (χ3v) is 6.26. The van der Waals surface area contributed by atoms with Crippen LogP contribution in [0.2, 0.25) is 0 Å². The molecule has 1 N–H and O–H groups in total. The Kier molecular flexibility index (Phi) is 6.02. The first-order valence-electron chi connectivity index (χ1n) is 10.6. The molecule has 168 valence electrons. The average molecular weight is 440 g/mol. The second-order valence-electron chi connectivity index (χ2n) is 8.29.